The van der Waals surface area contributed by atoms with Crippen molar-refractivity contribution < 1.29 is 14.2 Å². The Morgan fingerprint density at radius 1 is 1.26 bits per heavy atom. The Hall–Kier alpha value is -1.39. The first-order valence-corrected chi connectivity index (χ1v) is 6.71. The molecular weight excluding hydrogens is 311 g/mol. The summed E-state index contributed by atoms with van der Waals surface area (Å²) >= 11 is 3.35. The minimum absolute atomic E-state index is 0.133. The molecule has 19 heavy (non-hydrogen) atoms. The third kappa shape index (κ3) is 3.55. The van der Waals surface area contributed by atoms with Crippen molar-refractivity contribution in [3.63, 3.8) is 0 Å². The Kier molecular flexibility index (Phi) is 4.56. The lowest BCUT2D eigenvalue weighted by Gasteiger charge is -2.14. The number of rotatable bonds is 4. The van der Waals surface area contributed by atoms with Gasteiger partial charge in [0.1, 0.15) is 18.2 Å². The fourth-order valence-corrected chi connectivity index (χ4v) is 2.13. The van der Waals surface area contributed by atoms with E-state index in [9.17, 15) is 9.50 Å². The van der Waals surface area contributed by atoms with Gasteiger partial charge < -0.3 is 9.84 Å². The van der Waals surface area contributed by atoms with Crippen LogP contribution in [0.4, 0.5) is 4.39 Å². The second-order valence-corrected chi connectivity index (χ2v) is 5.15. The molecule has 1 N–H and O–H groups in total. The van der Waals surface area contributed by atoms with Crippen molar-refractivity contribution >= 4 is 15.9 Å². The van der Waals surface area contributed by atoms with Crippen LogP contribution in [0.15, 0.2) is 46.9 Å². The van der Waals surface area contributed by atoms with E-state index in [1.165, 1.54) is 6.07 Å². The van der Waals surface area contributed by atoms with Crippen molar-refractivity contribution in [3.8, 4) is 5.75 Å². The average molecular weight is 325 g/mol. The van der Waals surface area contributed by atoms with Crippen LogP contribution in [0.2, 0.25) is 0 Å². The molecule has 0 spiro atoms. The average Bonchev–Trinajstić information content (AvgIpc) is 2.38. The number of aliphatic hydroxyl groups is 1. The van der Waals surface area contributed by atoms with E-state index >= 15 is 0 Å². The SMILES string of the molecule is C[C@@H](O)c1cc(Br)ccc1OCc1ccccc1F. The molecule has 0 heterocycles. The molecule has 0 aromatic heterocycles. The molecule has 0 fully saturated rings. The van der Waals surface area contributed by atoms with Crippen LogP contribution >= 0.6 is 15.9 Å². The molecule has 0 aliphatic rings. The van der Waals surface area contributed by atoms with E-state index in [1.54, 1.807) is 37.3 Å². The van der Waals surface area contributed by atoms with E-state index in [2.05, 4.69) is 15.9 Å². The van der Waals surface area contributed by atoms with Gasteiger partial charge in [-0.25, -0.2) is 4.39 Å². The van der Waals surface area contributed by atoms with Crippen LogP contribution < -0.4 is 4.74 Å². The number of aliphatic hydroxyl groups excluding tert-OH is 1. The van der Waals surface area contributed by atoms with E-state index in [-0.39, 0.29) is 12.4 Å². The highest BCUT2D eigenvalue weighted by Gasteiger charge is 2.11. The summed E-state index contributed by atoms with van der Waals surface area (Å²) < 4.78 is 19.9. The summed E-state index contributed by atoms with van der Waals surface area (Å²) in [4.78, 5) is 0. The van der Waals surface area contributed by atoms with Gasteiger partial charge in [-0.05, 0) is 31.2 Å². The highest BCUT2D eigenvalue weighted by Crippen LogP contribution is 2.29. The molecule has 1 atom stereocenters. The number of hydrogen-bond acceptors (Lipinski definition) is 2. The van der Waals surface area contributed by atoms with Crippen LogP contribution in [0.25, 0.3) is 0 Å². The van der Waals surface area contributed by atoms with Gasteiger partial charge in [0.25, 0.3) is 0 Å². The molecule has 2 nitrogen and oxygen atoms in total. The quantitative estimate of drug-likeness (QED) is 0.912. The Bertz CT molecular complexity index is 570. The van der Waals surface area contributed by atoms with Gasteiger partial charge in [-0.3, -0.25) is 0 Å². The molecule has 0 aliphatic carbocycles. The van der Waals surface area contributed by atoms with Crippen LogP contribution in [-0.2, 0) is 6.61 Å². The summed E-state index contributed by atoms with van der Waals surface area (Å²) in [5.41, 5.74) is 1.16. The fourth-order valence-electron chi connectivity index (χ4n) is 1.75. The van der Waals surface area contributed by atoms with Gasteiger partial charge in [-0.15, -0.1) is 0 Å². The Labute approximate surface area is 120 Å². The maximum absolute atomic E-state index is 13.5. The van der Waals surface area contributed by atoms with Crippen molar-refractivity contribution in [3.05, 3.63) is 63.9 Å². The molecular formula is C15H14BrFO2. The summed E-state index contributed by atoms with van der Waals surface area (Å²) in [6.07, 6.45) is -0.645. The number of benzene rings is 2. The topological polar surface area (TPSA) is 29.5 Å². The molecule has 0 radical (unpaired) electrons. The molecule has 0 amide bonds. The number of halogens is 2. The molecule has 0 saturated carbocycles. The first kappa shape index (κ1) is 14.0. The van der Waals surface area contributed by atoms with Crippen LogP contribution in [-0.4, -0.2) is 5.11 Å². The highest BCUT2D eigenvalue weighted by atomic mass is 79.9. The van der Waals surface area contributed by atoms with Gasteiger partial charge in [0.15, 0.2) is 0 Å². The largest absolute Gasteiger partial charge is 0.488 e. The zero-order valence-electron chi connectivity index (χ0n) is 10.4. The van der Waals surface area contributed by atoms with Crippen LogP contribution in [0.5, 0.6) is 5.75 Å². The van der Waals surface area contributed by atoms with E-state index in [0.29, 0.717) is 16.9 Å². The maximum Gasteiger partial charge on any atom is 0.129 e. The van der Waals surface area contributed by atoms with Gasteiger partial charge in [0, 0.05) is 15.6 Å². The lowest BCUT2D eigenvalue weighted by atomic mass is 10.1. The van der Waals surface area contributed by atoms with E-state index in [4.69, 9.17) is 4.74 Å². The number of ether oxygens (including phenoxy) is 1. The number of hydrogen-bond donors (Lipinski definition) is 1. The Morgan fingerprint density at radius 2 is 2.00 bits per heavy atom. The predicted octanol–water partition coefficient (Wildman–Crippen LogP) is 4.22. The van der Waals surface area contributed by atoms with Gasteiger partial charge in [0.05, 0.1) is 6.10 Å². The van der Waals surface area contributed by atoms with E-state index < -0.39 is 6.10 Å². The molecule has 100 valence electrons. The zero-order chi connectivity index (χ0) is 13.8. The molecule has 0 aliphatic heterocycles. The van der Waals surface area contributed by atoms with Gasteiger partial charge >= 0.3 is 0 Å². The second-order valence-electron chi connectivity index (χ2n) is 4.24. The van der Waals surface area contributed by atoms with Crippen molar-refractivity contribution in [2.24, 2.45) is 0 Å². The Morgan fingerprint density at radius 3 is 2.68 bits per heavy atom. The highest BCUT2D eigenvalue weighted by molar-refractivity contribution is 9.10. The maximum atomic E-state index is 13.5. The molecule has 0 unspecified atom stereocenters. The lowest BCUT2D eigenvalue weighted by Crippen LogP contribution is -2.02. The monoisotopic (exact) mass is 324 g/mol. The molecule has 2 rings (SSSR count). The molecule has 0 bridgehead atoms. The second kappa shape index (κ2) is 6.17. The predicted molar refractivity (Wildman–Crippen MR) is 75.5 cm³/mol. The third-order valence-corrected chi connectivity index (χ3v) is 3.26. The summed E-state index contributed by atoms with van der Waals surface area (Å²) in [5, 5.41) is 9.71. The van der Waals surface area contributed by atoms with Crippen LogP contribution in [0.1, 0.15) is 24.2 Å². The van der Waals surface area contributed by atoms with Crippen LogP contribution in [0, 0.1) is 5.82 Å². The minimum Gasteiger partial charge on any atom is -0.488 e. The van der Waals surface area contributed by atoms with Gasteiger partial charge in [-0.2, -0.15) is 0 Å². The fraction of sp³-hybridized carbons (Fsp3) is 0.200. The first-order valence-electron chi connectivity index (χ1n) is 5.91. The molecule has 4 heteroatoms. The van der Waals surface area contributed by atoms with E-state index in [0.717, 1.165) is 4.47 Å². The molecule has 2 aromatic rings. The Balaban J connectivity index is 2.18. The minimum atomic E-state index is -0.645. The van der Waals surface area contributed by atoms with Gasteiger partial charge in [-0.1, -0.05) is 34.1 Å². The molecule has 0 saturated heterocycles. The first-order chi connectivity index (χ1) is 9.08. The zero-order valence-corrected chi connectivity index (χ0v) is 12.0. The van der Waals surface area contributed by atoms with Crippen molar-refractivity contribution in [2.75, 3.05) is 0 Å². The summed E-state index contributed by atoms with van der Waals surface area (Å²) in [6.45, 7) is 1.80. The smallest absolute Gasteiger partial charge is 0.129 e. The lowest BCUT2D eigenvalue weighted by molar-refractivity contribution is 0.189. The van der Waals surface area contributed by atoms with E-state index in [1.807, 2.05) is 6.07 Å². The molecule has 2 aromatic carbocycles. The van der Waals surface area contributed by atoms with Crippen LogP contribution in [0.3, 0.4) is 0 Å². The summed E-state index contributed by atoms with van der Waals surface area (Å²) in [6, 6.07) is 11.8. The summed E-state index contributed by atoms with van der Waals surface area (Å²) in [5.74, 6) is 0.264. The normalized spacial score (nSPS) is 12.2. The van der Waals surface area contributed by atoms with Crippen molar-refractivity contribution in [1.82, 2.24) is 0 Å². The van der Waals surface area contributed by atoms with Crippen molar-refractivity contribution in [2.45, 2.75) is 19.6 Å². The van der Waals surface area contributed by atoms with Crippen molar-refractivity contribution in [1.29, 1.82) is 0 Å². The van der Waals surface area contributed by atoms with Gasteiger partial charge in [0.2, 0.25) is 0 Å². The third-order valence-electron chi connectivity index (χ3n) is 2.76. The standard InChI is InChI=1S/C15H14BrFO2/c1-10(18)13-8-12(16)6-7-15(13)19-9-11-4-2-3-5-14(11)17/h2-8,10,18H,9H2,1H3/t10-/m1/s1. The summed E-state index contributed by atoms with van der Waals surface area (Å²) in [7, 11) is 0.